The van der Waals surface area contributed by atoms with E-state index in [1.165, 1.54) is 22.3 Å². The summed E-state index contributed by atoms with van der Waals surface area (Å²) in [5, 5.41) is 0. The zero-order valence-electron chi connectivity index (χ0n) is 15.0. The second-order valence-electron chi connectivity index (χ2n) is 7.65. The number of benzene rings is 2. The lowest BCUT2D eigenvalue weighted by Crippen LogP contribution is -2.47. The Labute approximate surface area is 153 Å². The standard InChI is InChI=1S/C22H23NO3/c1-15-14-25-22(26-15)8-10-23(11-9-22)21(24)17-6-7-20-18(13-17)12-16-4-2-3-5-19(16)20/h2-7,13,15H,8-12,14H2,1H3. The minimum atomic E-state index is -0.463. The molecule has 5 rings (SSSR count). The highest BCUT2D eigenvalue weighted by atomic mass is 16.7. The fourth-order valence-electron chi connectivity index (χ4n) is 4.48. The summed E-state index contributed by atoms with van der Waals surface area (Å²) in [6.45, 7) is 4.06. The molecule has 0 saturated carbocycles. The number of hydrogen-bond donors (Lipinski definition) is 0. The first-order chi connectivity index (χ1) is 12.6. The molecule has 2 aromatic carbocycles. The molecular weight excluding hydrogens is 326 g/mol. The molecular formula is C22H23NO3. The third-order valence-electron chi connectivity index (χ3n) is 5.85. The summed E-state index contributed by atoms with van der Waals surface area (Å²) in [5.74, 6) is -0.347. The van der Waals surface area contributed by atoms with Crippen LogP contribution in [-0.4, -0.2) is 42.4 Å². The second kappa shape index (κ2) is 5.93. The van der Waals surface area contributed by atoms with Crippen molar-refractivity contribution in [2.45, 2.75) is 38.1 Å². The summed E-state index contributed by atoms with van der Waals surface area (Å²) in [6, 6.07) is 14.6. The van der Waals surface area contributed by atoms with E-state index in [1.807, 2.05) is 17.9 Å². The molecule has 4 nitrogen and oxygen atoms in total. The number of rotatable bonds is 1. The summed E-state index contributed by atoms with van der Waals surface area (Å²) < 4.78 is 11.8. The van der Waals surface area contributed by atoms with Crippen LogP contribution in [-0.2, 0) is 15.9 Å². The van der Waals surface area contributed by atoms with E-state index < -0.39 is 5.79 Å². The summed E-state index contributed by atoms with van der Waals surface area (Å²) in [4.78, 5) is 14.9. The normalized spacial score (nSPS) is 23.1. The van der Waals surface area contributed by atoms with Crippen molar-refractivity contribution in [3.05, 3.63) is 59.2 Å². The minimum absolute atomic E-state index is 0.115. The van der Waals surface area contributed by atoms with Gasteiger partial charge in [0.25, 0.3) is 5.91 Å². The lowest BCUT2D eigenvalue weighted by atomic mass is 10.0. The number of nitrogens with zero attached hydrogens (tertiary/aromatic N) is 1. The van der Waals surface area contributed by atoms with Crippen LogP contribution < -0.4 is 0 Å². The van der Waals surface area contributed by atoms with Crippen molar-refractivity contribution in [2.75, 3.05) is 19.7 Å². The maximum atomic E-state index is 13.0. The molecule has 2 heterocycles. The topological polar surface area (TPSA) is 38.8 Å². The largest absolute Gasteiger partial charge is 0.347 e. The molecule has 1 aliphatic carbocycles. The van der Waals surface area contributed by atoms with E-state index in [9.17, 15) is 4.79 Å². The Bertz CT molecular complexity index is 867. The first-order valence-electron chi connectivity index (χ1n) is 9.46. The van der Waals surface area contributed by atoms with E-state index in [4.69, 9.17) is 9.47 Å². The highest BCUT2D eigenvalue weighted by Crippen LogP contribution is 2.38. The van der Waals surface area contributed by atoms with E-state index in [1.54, 1.807) is 0 Å². The Morgan fingerprint density at radius 1 is 1.08 bits per heavy atom. The average molecular weight is 349 g/mol. The van der Waals surface area contributed by atoms with Gasteiger partial charge >= 0.3 is 0 Å². The fourth-order valence-corrected chi connectivity index (χ4v) is 4.48. The molecule has 1 atom stereocenters. The van der Waals surface area contributed by atoms with Crippen LogP contribution in [0.1, 0.15) is 41.3 Å². The van der Waals surface area contributed by atoms with Crippen molar-refractivity contribution in [3.8, 4) is 11.1 Å². The van der Waals surface area contributed by atoms with Crippen molar-refractivity contribution in [1.82, 2.24) is 4.90 Å². The van der Waals surface area contributed by atoms with Crippen LogP contribution in [0.15, 0.2) is 42.5 Å². The highest BCUT2D eigenvalue weighted by molar-refractivity contribution is 5.95. The van der Waals surface area contributed by atoms with Gasteiger partial charge in [0.15, 0.2) is 5.79 Å². The molecule has 1 unspecified atom stereocenters. The molecule has 3 aliphatic rings. The van der Waals surface area contributed by atoms with Crippen LogP contribution >= 0.6 is 0 Å². The summed E-state index contributed by atoms with van der Waals surface area (Å²) in [5.41, 5.74) is 5.94. The van der Waals surface area contributed by atoms with Crippen LogP contribution in [0.4, 0.5) is 0 Å². The molecule has 2 saturated heterocycles. The highest BCUT2D eigenvalue weighted by Gasteiger charge is 2.43. The quantitative estimate of drug-likeness (QED) is 0.673. The van der Waals surface area contributed by atoms with Gasteiger partial charge in [0.2, 0.25) is 0 Å². The van der Waals surface area contributed by atoms with Crippen molar-refractivity contribution >= 4 is 5.91 Å². The van der Waals surface area contributed by atoms with E-state index in [-0.39, 0.29) is 12.0 Å². The molecule has 1 spiro atoms. The van der Waals surface area contributed by atoms with Gasteiger partial charge in [0.05, 0.1) is 12.7 Å². The Morgan fingerprint density at radius 2 is 1.85 bits per heavy atom. The molecule has 134 valence electrons. The second-order valence-corrected chi connectivity index (χ2v) is 7.65. The molecule has 2 aromatic rings. The first-order valence-corrected chi connectivity index (χ1v) is 9.46. The van der Waals surface area contributed by atoms with Gasteiger partial charge in [-0.15, -0.1) is 0 Å². The van der Waals surface area contributed by atoms with E-state index in [0.29, 0.717) is 19.7 Å². The number of fused-ring (bicyclic) bond motifs is 3. The Morgan fingerprint density at radius 3 is 2.62 bits per heavy atom. The summed E-state index contributed by atoms with van der Waals surface area (Å²) >= 11 is 0. The zero-order valence-corrected chi connectivity index (χ0v) is 15.0. The molecule has 4 heteroatoms. The van der Waals surface area contributed by atoms with Gasteiger partial charge < -0.3 is 14.4 Å². The molecule has 0 N–H and O–H groups in total. The van der Waals surface area contributed by atoms with E-state index in [2.05, 4.69) is 36.4 Å². The number of carbonyl (C=O) groups is 1. The van der Waals surface area contributed by atoms with Crippen molar-refractivity contribution in [1.29, 1.82) is 0 Å². The lowest BCUT2D eigenvalue weighted by Gasteiger charge is -2.37. The van der Waals surface area contributed by atoms with Crippen LogP contribution in [0.3, 0.4) is 0 Å². The first kappa shape index (κ1) is 16.0. The SMILES string of the molecule is CC1COC2(CCN(C(=O)c3ccc4c(c3)Cc3ccccc3-4)CC2)O1. The molecule has 2 aliphatic heterocycles. The Hall–Kier alpha value is -2.17. The Kier molecular flexibility index (Phi) is 3.66. The molecule has 0 aromatic heterocycles. The number of carbonyl (C=O) groups excluding carboxylic acids is 1. The summed E-state index contributed by atoms with van der Waals surface area (Å²) in [6.07, 6.45) is 2.56. The molecule has 0 bridgehead atoms. The third-order valence-corrected chi connectivity index (χ3v) is 5.85. The number of piperidine rings is 1. The van der Waals surface area contributed by atoms with Crippen molar-refractivity contribution < 1.29 is 14.3 Å². The molecule has 2 fully saturated rings. The van der Waals surface area contributed by atoms with Crippen molar-refractivity contribution in [2.24, 2.45) is 0 Å². The molecule has 1 amide bonds. The predicted octanol–water partition coefficient (Wildman–Crippen LogP) is 3.63. The number of hydrogen-bond acceptors (Lipinski definition) is 3. The van der Waals surface area contributed by atoms with Crippen molar-refractivity contribution in [3.63, 3.8) is 0 Å². The fraction of sp³-hybridized carbons (Fsp3) is 0.409. The monoisotopic (exact) mass is 349 g/mol. The van der Waals surface area contributed by atoms with Gasteiger partial charge in [0, 0.05) is 31.5 Å². The van der Waals surface area contributed by atoms with Gasteiger partial charge in [-0.2, -0.15) is 0 Å². The van der Waals surface area contributed by atoms with Gasteiger partial charge in [-0.3, -0.25) is 4.79 Å². The Balaban J connectivity index is 1.32. The van der Waals surface area contributed by atoms with Gasteiger partial charge in [-0.1, -0.05) is 30.3 Å². The number of ether oxygens (including phenoxy) is 2. The van der Waals surface area contributed by atoms with Crippen LogP contribution in [0.2, 0.25) is 0 Å². The lowest BCUT2D eigenvalue weighted by molar-refractivity contribution is -0.189. The van der Waals surface area contributed by atoms with Gasteiger partial charge in [-0.25, -0.2) is 0 Å². The predicted molar refractivity (Wildman–Crippen MR) is 99.1 cm³/mol. The summed E-state index contributed by atoms with van der Waals surface area (Å²) in [7, 11) is 0. The molecule has 26 heavy (non-hydrogen) atoms. The maximum Gasteiger partial charge on any atom is 0.253 e. The number of amides is 1. The van der Waals surface area contributed by atoms with Crippen LogP contribution in [0.5, 0.6) is 0 Å². The van der Waals surface area contributed by atoms with Crippen LogP contribution in [0.25, 0.3) is 11.1 Å². The zero-order chi connectivity index (χ0) is 17.7. The average Bonchev–Trinajstić information content (AvgIpc) is 3.21. The van der Waals surface area contributed by atoms with Crippen LogP contribution in [0, 0.1) is 0 Å². The van der Waals surface area contributed by atoms with Gasteiger partial charge in [-0.05, 0) is 47.7 Å². The maximum absolute atomic E-state index is 13.0. The minimum Gasteiger partial charge on any atom is -0.347 e. The van der Waals surface area contributed by atoms with E-state index >= 15 is 0 Å². The van der Waals surface area contributed by atoms with Gasteiger partial charge in [0.1, 0.15) is 0 Å². The number of likely N-dealkylation sites (tertiary alicyclic amines) is 1. The third kappa shape index (κ3) is 2.56. The smallest absolute Gasteiger partial charge is 0.253 e. The van der Waals surface area contributed by atoms with E-state index in [0.717, 1.165) is 24.8 Å². The molecule has 0 radical (unpaired) electrons.